The number of hydrogen-bond donors (Lipinski definition) is 3. The van der Waals surface area contributed by atoms with Crippen molar-refractivity contribution in [3.05, 3.63) is 10.4 Å². The fourth-order valence-electron chi connectivity index (χ4n) is 0.685. The van der Waals surface area contributed by atoms with E-state index in [-0.39, 0.29) is 11.6 Å². The number of aromatic amines is 2. The van der Waals surface area contributed by atoms with E-state index >= 15 is 0 Å². The van der Waals surface area contributed by atoms with Crippen LogP contribution in [0.1, 0.15) is 6.92 Å². The van der Waals surface area contributed by atoms with Crippen molar-refractivity contribution < 1.29 is 4.74 Å². The van der Waals surface area contributed by atoms with Gasteiger partial charge < -0.3 is 4.74 Å². The van der Waals surface area contributed by atoms with Gasteiger partial charge in [0.15, 0.2) is 0 Å². The van der Waals surface area contributed by atoms with Crippen LogP contribution in [0.15, 0.2) is 9.91 Å². The number of H-pyrrole nitrogens is 2. The van der Waals surface area contributed by atoms with Crippen LogP contribution >= 0.6 is 0 Å². The number of nitrogens with one attached hydrogen (secondary N) is 3. The lowest BCUT2D eigenvalue weighted by Gasteiger charge is -1.96. The van der Waals surface area contributed by atoms with Crippen LogP contribution in [0.3, 0.4) is 0 Å². The molecule has 0 amide bonds. The molecule has 0 spiro atoms. The highest BCUT2D eigenvalue weighted by Gasteiger charge is 2.08. The quantitative estimate of drug-likeness (QED) is 0.563. The zero-order valence-corrected chi connectivity index (χ0v) is 5.97. The Bertz CT molecular complexity index is 300. The van der Waals surface area contributed by atoms with Crippen LogP contribution < -0.4 is 10.3 Å². The Morgan fingerprint density at radius 2 is 2.36 bits per heavy atom. The first-order valence-corrected chi connectivity index (χ1v) is 3.10. The molecule has 11 heavy (non-hydrogen) atoms. The minimum atomic E-state index is -0.441. The Morgan fingerprint density at radius 1 is 1.64 bits per heavy atom. The van der Waals surface area contributed by atoms with E-state index in [1.54, 1.807) is 6.92 Å². The highest BCUT2D eigenvalue weighted by atomic mass is 16.5. The first kappa shape index (κ1) is 7.52. The minimum Gasteiger partial charge on any atom is -0.477 e. The Hall–Kier alpha value is -1.59. The predicted molar refractivity (Wildman–Crippen MR) is 37.4 cm³/mol. The highest BCUT2D eigenvalue weighted by Crippen LogP contribution is 2.17. The average molecular weight is 156 g/mol. The van der Waals surface area contributed by atoms with Gasteiger partial charge in [0.1, 0.15) is 0 Å². The van der Waals surface area contributed by atoms with Crippen LogP contribution in [0.5, 0.6) is 5.88 Å². The third-order valence-electron chi connectivity index (χ3n) is 1.12. The van der Waals surface area contributed by atoms with E-state index in [9.17, 15) is 4.79 Å². The molecule has 0 atom stereocenters. The van der Waals surface area contributed by atoms with Gasteiger partial charge >= 0.3 is 0 Å². The molecule has 1 aromatic heterocycles. The summed E-state index contributed by atoms with van der Waals surface area (Å²) in [6, 6.07) is 0. The number of rotatable bonds is 3. The Kier molecular flexibility index (Phi) is 2.05. The molecule has 0 aliphatic heterocycles. The molecule has 1 heterocycles. The SMILES string of the molecule is CCOc1[nH][nH]c(=O)c1N=N. The van der Waals surface area contributed by atoms with Gasteiger partial charge in [-0.25, -0.2) is 5.53 Å². The normalized spacial score (nSPS) is 9.55. The van der Waals surface area contributed by atoms with Gasteiger partial charge in [-0.3, -0.25) is 15.0 Å². The topological polar surface area (TPSA) is 94.1 Å². The summed E-state index contributed by atoms with van der Waals surface area (Å²) < 4.78 is 4.95. The standard InChI is InChI=1S/C5H8N4O2/c1-2-11-5-3(7-6)4(10)8-9-5/h6H,2H2,1H3,(H2,8,9,10). The van der Waals surface area contributed by atoms with Gasteiger partial charge in [0, 0.05) is 0 Å². The second-order valence-corrected chi connectivity index (χ2v) is 1.80. The van der Waals surface area contributed by atoms with Gasteiger partial charge in [0.05, 0.1) is 6.61 Å². The second-order valence-electron chi connectivity index (χ2n) is 1.80. The third kappa shape index (κ3) is 1.28. The molecule has 0 radical (unpaired) electrons. The Morgan fingerprint density at radius 3 is 2.91 bits per heavy atom. The Balaban J connectivity index is 3.05. The molecular weight excluding hydrogens is 148 g/mol. The highest BCUT2D eigenvalue weighted by molar-refractivity contribution is 5.43. The fraction of sp³-hybridized carbons (Fsp3) is 0.400. The number of ether oxygens (including phenoxy) is 1. The number of nitrogens with zero attached hydrogens (tertiary/aromatic N) is 1. The van der Waals surface area contributed by atoms with E-state index in [4.69, 9.17) is 10.3 Å². The molecule has 0 saturated carbocycles. The molecule has 0 unspecified atom stereocenters. The van der Waals surface area contributed by atoms with E-state index < -0.39 is 5.56 Å². The molecule has 0 saturated heterocycles. The lowest BCUT2D eigenvalue weighted by atomic mass is 10.5. The van der Waals surface area contributed by atoms with Gasteiger partial charge in [0.25, 0.3) is 5.56 Å². The van der Waals surface area contributed by atoms with E-state index in [1.165, 1.54) is 0 Å². The van der Waals surface area contributed by atoms with E-state index in [2.05, 4.69) is 15.3 Å². The summed E-state index contributed by atoms with van der Waals surface area (Å²) in [4.78, 5) is 10.8. The van der Waals surface area contributed by atoms with Crippen LogP contribution in [0.2, 0.25) is 0 Å². The van der Waals surface area contributed by atoms with E-state index in [1.807, 2.05) is 0 Å². The molecule has 0 fully saturated rings. The summed E-state index contributed by atoms with van der Waals surface area (Å²) in [5.74, 6) is 0.215. The van der Waals surface area contributed by atoms with Gasteiger partial charge in [-0.15, -0.1) is 5.11 Å². The van der Waals surface area contributed by atoms with Gasteiger partial charge in [-0.1, -0.05) is 0 Å². The van der Waals surface area contributed by atoms with Crippen molar-refractivity contribution in [1.82, 2.24) is 10.2 Å². The first-order chi connectivity index (χ1) is 5.29. The van der Waals surface area contributed by atoms with Crippen molar-refractivity contribution in [2.45, 2.75) is 6.92 Å². The third-order valence-corrected chi connectivity index (χ3v) is 1.12. The molecule has 1 rings (SSSR count). The van der Waals surface area contributed by atoms with Crippen molar-refractivity contribution >= 4 is 5.69 Å². The lowest BCUT2D eigenvalue weighted by molar-refractivity contribution is 0.327. The minimum absolute atomic E-state index is 0.0214. The van der Waals surface area contributed by atoms with Gasteiger partial charge in [-0.2, -0.15) is 0 Å². The maximum Gasteiger partial charge on any atom is 0.295 e. The van der Waals surface area contributed by atoms with Gasteiger partial charge in [0.2, 0.25) is 11.6 Å². The molecule has 0 aliphatic carbocycles. The fourth-order valence-corrected chi connectivity index (χ4v) is 0.685. The van der Waals surface area contributed by atoms with Crippen molar-refractivity contribution in [1.29, 1.82) is 5.53 Å². The first-order valence-electron chi connectivity index (χ1n) is 3.10. The molecule has 6 heteroatoms. The zero-order chi connectivity index (χ0) is 8.27. The van der Waals surface area contributed by atoms with E-state index in [0.717, 1.165) is 0 Å². The zero-order valence-electron chi connectivity index (χ0n) is 5.97. The number of aromatic nitrogens is 2. The monoisotopic (exact) mass is 156 g/mol. The molecule has 1 aromatic rings. The van der Waals surface area contributed by atoms with E-state index in [0.29, 0.717) is 6.61 Å². The number of hydrogen-bond acceptors (Lipinski definition) is 4. The van der Waals surface area contributed by atoms with Crippen LogP contribution in [0.25, 0.3) is 0 Å². The molecule has 3 N–H and O–H groups in total. The summed E-state index contributed by atoms with van der Waals surface area (Å²) in [5.41, 5.74) is 6.16. The summed E-state index contributed by atoms with van der Waals surface area (Å²) in [6.45, 7) is 2.20. The van der Waals surface area contributed by atoms with Crippen LogP contribution in [0, 0.1) is 5.53 Å². The summed E-state index contributed by atoms with van der Waals surface area (Å²) in [7, 11) is 0. The van der Waals surface area contributed by atoms with Crippen molar-refractivity contribution in [2.75, 3.05) is 6.61 Å². The largest absolute Gasteiger partial charge is 0.477 e. The molecule has 0 bridgehead atoms. The van der Waals surface area contributed by atoms with Crippen LogP contribution in [-0.2, 0) is 0 Å². The van der Waals surface area contributed by atoms with Crippen LogP contribution in [0.4, 0.5) is 5.69 Å². The van der Waals surface area contributed by atoms with Gasteiger partial charge in [-0.05, 0) is 6.92 Å². The summed E-state index contributed by atoms with van der Waals surface area (Å²) in [5, 5.41) is 7.70. The molecular formula is C5H8N4O2. The van der Waals surface area contributed by atoms with Crippen molar-refractivity contribution in [2.24, 2.45) is 5.11 Å². The van der Waals surface area contributed by atoms with Crippen molar-refractivity contribution in [3.8, 4) is 5.88 Å². The second kappa shape index (κ2) is 3.00. The predicted octanol–water partition coefficient (Wildman–Crippen LogP) is 0.764. The maximum absolute atomic E-state index is 10.8. The molecule has 0 aromatic carbocycles. The molecule has 60 valence electrons. The van der Waals surface area contributed by atoms with Crippen LogP contribution in [-0.4, -0.2) is 16.8 Å². The Labute approximate surface area is 62.1 Å². The maximum atomic E-state index is 10.8. The molecule has 6 nitrogen and oxygen atoms in total. The summed E-state index contributed by atoms with van der Waals surface area (Å²) in [6.07, 6.45) is 0. The average Bonchev–Trinajstić information content (AvgIpc) is 2.33. The summed E-state index contributed by atoms with van der Waals surface area (Å²) >= 11 is 0. The van der Waals surface area contributed by atoms with Crippen molar-refractivity contribution in [3.63, 3.8) is 0 Å². The lowest BCUT2D eigenvalue weighted by Crippen LogP contribution is -1.96. The smallest absolute Gasteiger partial charge is 0.295 e. The molecule has 0 aliphatic rings.